The van der Waals surface area contributed by atoms with Crippen LogP contribution >= 0.6 is 23.1 Å². The number of carbonyl (C=O) groups is 1. The van der Waals surface area contributed by atoms with Crippen molar-refractivity contribution in [2.24, 2.45) is 0 Å². The maximum atomic E-state index is 14.7. The normalized spacial score (nSPS) is 14.6. The molecule has 0 fully saturated rings. The molecule has 152 valence electrons. The Bertz CT molecular complexity index is 1150. The van der Waals surface area contributed by atoms with E-state index in [2.05, 4.69) is 0 Å². The van der Waals surface area contributed by atoms with Gasteiger partial charge in [0.2, 0.25) is 5.91 Å². The number of fused-ring (bicyclic) bond motifs is 3. The molecular weight excluding hydrogens is 409 g/mol. The molecule has 0 saturated carbocycles. The fourth-order valence-corrected chi connectivity index (χ4v) is 6.05. The van der Waals surface area contributed by atoms with Gasteiger partial charge in [-0.3, -0.25) is 14.2 Å². The largest absolute Gasteiger partial charge is 0.348 e. The van der Waals surface area contributed by atoms with Crippen LogP contribution < -0.4 is 5.56 Å². The Kier molecular flexibility index (Phi) is 5.48. The highest BCUT2D eigenvalue weighted by Crippen LogP contribution is 2.36. The molecule has 1 aliphatic rings. The number of halogens is 1. The Morgan fingerprint density at radius 3 is 2.72 bits per heavy atom. The van der Waals surface area contributed by atoms with Crippen LogP contribution in [0, 0.1) is 5.82 Å². The van der Waals surface area contributed by atoms with Gasteiger partial charge in [-0.1, -0.05) is 23.9 Å². The average molecular weight is 432 g/mol. The van der Waals surface area contributed by atoms with E-state index >= 15 is 0 Å². The smallest absolute Gasteiger partial charge is 0.267 e. The molecule has 0 aliphatic heterocycles. The van der Waals surface area contributed by atoms with E-state index in [1.807, 2.05) is 0 Å². The van der Waals surface area contributed by atoms with Crippen molar-refractivity contribution in [1.29, 1.82) is 0 Å². The van der Waals surface area contributed by atoms with Gasteiger partial charge >= 0.3 is 0 Å². The number of carbonyl (C=O) groups excluding carboxylic acids is 1. The molecule has 1 aromatic carbocycles. The second-order valence-electron chi connectivity index (χ2n) is 7.37. The summed E-state index contributed by atoms with van der Waals surface area (Å²) < 4.78 is 16.0. The van der Waals surface area contributed by atoms with E-state index in [9.17, 15) is 14.0 Å². The van der Waals surface area contributed by atoms with E-state index in [0.29, 0.717) is 15.4 Å². The van der Waals surface area contributed by atoms with Gasteiger partial charge in [-0.15, -0.1) is 11.3 Å². The first-order valence-electron chi connectivity index (χ1n) is 9.58. The highest BCUT2D eigenvalue weighted by molar-refractivity contribution is 8.00. The molecule has 0 bridgehead atoms. The molecule has 2 aromatic heterocycles. The number of thiophene rings is 1. The fourth-order valence-electron chi connectivity index (χ4n) is 3.68. The predicted molar refractivity (Wildman–Crippen MR) is 116 cm³/mol. The molecule has 1 atom stereocenters. The zero-order valence-corrected chi connectivity index (χ0v) is 18.2. The second kappa shape index (κ2) is 7.91. The molecule has 1 unspecified atom stereocenters. The highest BCUT2D eigenvalue weighted by Gasteiger charge is 2.26. The lowest BCUT2D eigenvalue weighted by Gasteiger charge is -2.18. The van der Waals surface area contributed by atoms with Crippen molar-refractivity contribution in [2.45, 2.75) is 43.0 Å². The van der Waals surface area contributed by atoms with E-state index in [-0.39, 0.29) is 17.2 Å². The van der Waals surface area contributed by atoms with Crippen LogP contribution in [0.5, 0.6) is 0 Å². The van der Waals surface area contributed by atoms with Crippen molar-refractivity contribution < 1.29 is 9.18 Å². The Hall–Kier alpha value is -2.19. The van der Waals surface area contributed by atoms with Gasteiger partial charge in [-0.05, 0) is 50.3 Å². The summed E-state index contributed by atoms with van der Waals surface area (Å²) in [6.45, 7) is 1.77. The first kappa shape index (κ1) is 20.1. The summed E-state index contributed by atoms with van der Waals surface area (Å²) in [6.07, 6.45) is 3.96. The van der Waals surface area contributed by atoms with Gasteiger partial charge in [0.15, 0.2) is 5.16 Å². The number of nitrogens with zero attached hydrogens (tertiary/aromatic N) is 3. The minimum Gasteiger partial charge on any atom is -0.348 e. The van der Waals surface area contributed by atoms with Crippen LogP contribution in [-0.4, -0.2) is 39.7 Å². The minimum absolute atomic E-state index is 0.0881. The van der Waals surface area contributed by atoms with Crippen molar-refractivity contribution >= 4 is 39.2 Å². The van der Waals surface area contributed by atoms with E-state index in [4.69, 9.17) is 4.98 Å². The lowest BCUT2D eigenvalue weighted by atomic mass is 9.97. The number of hydrogen-bond acceptors (Lipinski definition) is 5. The SMILES string of the molecule is CC(Sc1nc2sc3c(c2c(=O)n1-c1ccccc1F)CCCC3)C(=O)N(C)C. The van der Waals surface area contributed by atoms with Crippen LogP contribution in [0.2, 0.25) is 0 Å². The van der Waals surface area contributed by atoms with Crippen LogP contribution in [0.15, 0.2) is 34.2 Å². The first-order valence-corrected chi connectivity index (χ1v) is 11.3. The summed E-state index contributed by atoms with van der Waals surface area (Å²) in [6, 6.07) is 6.19. The zero-order valence-electron chi connectivity index (χ0n) is 16.6. The zero-order chi connectivity index (χ0) is 20.7. The van der Waals surface area contributed by atoms with Crippen molar-refractivity contribution in [1.82, 2.24) is 14.5 Å². The van der Waals surface area contributed by atoms with Crippen LogP contribution in [0.1, 0.15) is 30.2 Å². The van der Waals surface area contributed by atoms with Gasteiger partial charge in [-0.25, -0.2) is 9.37 Å². The predicted octanol–water partition coefficient (Wildman–Crippen LogP) is 4.03. The number of aromatic nitrogens is 2. The van der Waals surface area contributed by atoms with Gasteiger partial charge < -0.3 is 4.90 Å². The number of aryl methyl sites for hydroxylation is 2. The molecular formula is C21H22FN3O2S2. The number of thioether (sulfide) groups is 1. The number of hydrogen-bond donors (Lipinski definition) is 0. The maximum absolute atomic E-state index is 14.7. The van der Waals surface area contributed by atoms with Crippen molar-refractivity contribution in [3.05, 3.63) is 50.9 Å². The quantitative estimate of drug-likeness (QED) is 0.462. The fraction of sp³-hybridized carbons (Fsp3) is 0.381. The molecule has 29 heavy (non-hydrogen) atoms. The summed E-state index contributed by atoms with van der Waals surface area (Å²) >= 11 is 2.74. The summed E-state index contributed by atoms with van der Waals surface area (Å²) in [5.74, 6) is -0.580. The topological polar surface area (TPSA) is 55.2 Å². The van der Waals surface area contributed by atoms with Crippen LogP contribution in [-0.2, 0) is 17.6 Å². The molecule has 0 N–H and O–H groups in total. The summed E-state index contributed by atoms with van der Waals surface area (Å²) in [7, 11) is 3.38. The Balaban J connectivity index is 1.96. The molecule has 2 heterocycles. The maximum Gasteiger partial charge on any atom is 0.267 e. The molecule has 3 aromatic rings. The molecule has 1 aliphatic carbocycles. The number of amides is 1. The first-order chi connectivity index (χ1) is 13.9. The van der Waals surface area contributed by atoms with E-state index in [1.165, 1.54) is 32.2 Å². The third kappa shape index (κ3) is 3.59. The molecule has 0 spiro atoms. The van der Waals surface area contributed by atoms with Gasteiger partial charge in [0, 0.05) is 19.0 Å². The third-order valence-electron chi connectivity index (χ3n) is 5.12. The molecule has 1 amide bonds. The lowest BCUT2D eigenvalue weighted by Crippen LogP contribution is -2.31. The van der Waals surface area contributed by atoms with Gasteiger partial charge in [0.05, 0.1) is 16.3 Å². The third-order valence-corrected chi connectivity index (χ3v) is 7.35. The molecule has 5 nitrogen and oxygen atoms in total. The molecule has 8 heteroatoms. The highest BCUT2D eigenvalue weighted by atomic mass is 32.2. The Morgan fingerprint density at radius 1 is 1.28 bits per heavy atom. The summed E-state index contributed by atoms with van der Waals surface area (Å²) in [5.41, 5.74) is 0.967. The second-order valence-corrected chi connectivity index (χ2v) is 9.76. The van der Waals surface area contributed by atoms with Crippen molar-refractivity contribution in [3.63, 3.8) is 0 Å². The molecule has 0 saturated heterocycles. The van der Waals surface area contributed by atoms with E-state index in [0.717, 1.165) is 31.2 Å². The summed E-state index contributed by atoms with van der Waals surface area (Å²) in [4.78, 5) is 34.1. The number of para-hydroxylation sites is 1. The number of rotatable bonds is 4. The standard InChI is InChI=1S/C21H22FN3O2S2/c1-12(19(26)24(2)3)28-21-23-18-17(13-8-4-7-11-16(13)29-18)20(27)25(21)15-10-6-5-9-14(15)22/h5-6,9-10,12H,4,7-8,11H2,1-3H3. The number of benzene rings is 1. The van der Waals surface area contributed by atoms with Gasteiger partial charge in [0.25, 0.3) is 5.56 Å². The Labute approximate surface area is 176 Å². The Morgan fingerprint density at radius 2 is 2.00 bits per heavy atom. The van der Waals surface area contributed by atoms with Gasteiger partial charge in [0.1, 0.15) is 10.6 Å². The lowest BCUT2D eigenvalue weighted by molar-refractivity contribution is -0.127. The average Bonchev–Trinajstić information content (AvgIpc) is 3.07. The minimum atomic E-state index is -0.492. The van der Waals surface area contributed by atoms with Gasteiger partial charge in [-0.2, -0.15) is 0 Å². The van der Waals surface area contributed by atoms with Crippen LogP contribution in [0.3, 0.4) is 0 Å². The molecule has 0 radical (unpaired) electrons. The van der Waals surface area contributed by atoms with Crippen molar-refractivity contribution in [2.75, 3.05) is 14.1 Å². The van der Waals surface area contributed by atoms with Crippen LogP contribution in [0.4, 0.5) is 4.39 Å². The van der Waals surface area contributed by atoms with E-state index in [1.54, 1.807) is 50.6 Å². The van der Waals surface area contributed by atoms with Crippen molar-refractivity contribution in [3.8, 4) is 5.69 Å². The monoisotopic (exact) mass is 431 g/mol. The molecule has 4 rings (SSSR count). The summed E-state index contributed by atoms with van der Waals surface area (Å²) in [5, 5.41) is 0.486. The van der Waals surface area contributed by atoms with E-state index < -0.39 is 11.1 Å². The van der Waals surface area contributed by atoms with Crippen LogP contribution in [0.25, 0.3) is 15.9 Å².